The van der Waals surface area contributed by atoms with Gasteiger partial charge in [-0.3, -0.25) is 0 Å². The summed E-state index contributed by atoms with van der Waals surface area (Å²) in [6.07, 6.45) is 0. The maximum absolute atomic E-state index is 2.53. The number of nitrogens with zero attached hydrogens (tertiary/aromatic N) is 4. The lowest BCUT2D eigenvalue weighted by Crippen LogP contribution is -2.36. The maximum Gasteiger partial charge on any atom is 0.0755 e. The van der Waals surface area contributed by atoms with Crippen LogP contribution in [0.1, 0.15) is 94.5 Å². The molecule has 0 fully saturated rings. The number of para-hydroxylation sites is 6. The second-order valence-corrected chi connectivity index (χ2v) is 39.2. The second kappa shape index (κ2) is 32.1. The van der Waals surface area contributed by atoms with E-state index in [4.69, 9.17) is 0 Å². The van der Waals surface area contributed by atoms with E-state index >= 15 is 0 Å². The molecule has 140 heavy (non-hydrogen) atoms. The first-order valence-corrected chi connectivity index (χ1v) is 49.0. The van der Waals surface area contributed by atoms with Crippen molar-refractivity contribution in [2.75, 3.05) is 19.6 Å². The first-order chi connectivity index (χ1) is 69.0. The molecule has 4 nitrogen and oxygen atoms in total. The minimum atomic E-state index is -0.577. The standard InChI is InChI=1S/2C68H48N2/c1-67(2)61-43-48(53-27-17-22-47-21-9-10-25-52(47)53)37-41-54(61)55-42-40-51(44-62(55)67)69(50-38-35-46(36-39-50)45-19-5-3-6-20-45)65-34-18-31-60-66(65)56-26-11-12-28-57(56)68(60)58-29-13-15-32-63(58)70(49-23-7-4-8-24-49)64-33-16-14-30-59(64)68;1-67(2)61-43-50(49-33-32-46-20-9-10-21-48(46)42-49)36-40-54(61)55-41-39-53(44-62(55)67)69(52-37-34-47(35-38-52)45-18-5-3-6-19-45)65-31-17-28-60-66(65)56-24-11-12-25-57(56)68(60)58-26-13-15-29-63(58)70(51-22-7-4-8-23-51)64-30-16-14-27-59(64)68/h2*3-44H,1-2H3. The summed E-state index contributed by atoms with van der Waals surface area (Å²) < 4.78 is 0. The zero-order valence-corrected chi connectivity index (χ0v) is 78.3. The summed E-state index contributed by atoms with van der Waals surface area (Å²) in [7, 11) is 0. The fraction of sp³-hybridized carbons (Fsp3) is 0.0588. The van der Waals surface area contributed by atoms with E-state index < -0.39 is 10.8 Å². The quantitative estimate of drug-likeness (QED) is 0.121. The smallest absolute Gasteiger partial charge is 0.0755 e. The molecule has 22 aromatic rings. The van der Waals surface area contributed by atoms with Gasteiger partial charge in [-0.25, -0.2) is 0 Å². The van der Waals surface area contributed by atoms with Crippen LogP contribution < -0.4 is 19.6 Å². The molecular weight excluding hydrogens is 1690 g/mol. The van der Waals surface area contributed by atoms with E-state index in [-0.39, 0.29) is 10.8 Å². The van der Waals surface area contributed by atoms with Crippen molar-refractivity contribution in [3.8, 4) is 89.0 Å². The first-order valence-electron chi connectivity index (χ1n) is 49.0. The minimum absolute atomic E-state index is 0.244. The highest BCUT2D eigenvalue weighted by Gasteiger charge is 2.55. The van der Waals surface area contributed by atoms with Crippen LogP contribution in [-0.4, -0.2) is 0 Å². The van der Waals surface area contributed by atoms with Crippen LogP contribution in [0.5, 0.6) is 0 Å². The van der Waals surface area contributed by atoms with Crippen molar-refractivity contribution < 1.29 is 0 Å². The molecule has 4 aliphatic carbocycles. The molecule has 0 saturated heterocycles. The van der Waals surface area contributed by atoms with Gasteiger partial charge in [0.25, 0.3) is 0 Å². The highest BCUT2D eigenvalue weighted by molar-refractivity contribution is 6.06. The lowest BCUT2D eigenvalue weighted by atomic mass is 9.64. The van der Waals surface area contributed by atoms with Gasteiger partial charge < -0.3 is 19.6 Å². The van der Waals surface area contributed by atoms with Crippen molar-refractivity contribution in [1.29, 1.82) is 0 Å². The van der Waals surface area contributed by atoms with E-state index in [9.17, 15) is 0 Å². The Kier molecular flexibility index (Phi) is 18.8. The van der Waals surface area contributed by atoms with E-state index in [2.05, 4.69) is 557 Å². The molecule has 2 aliphatic heterocycles. The number of rotatable bonds is 12. The predicted molar refractivity (Wildman–Crippen MR) is 585 cm³/mol. The van der Waals surface area contributed by atoms with E-state index in [1.54, 1.807) is 0 Å². The third-order valence-corrected chi connectivity index (χ3v) is 31.3. The predicted octanol–water partition coefficient (Wildman–Crippen LogP) is 36.2. The molecule has 6 aliphatic rings. The highest BCUT2D eigenvalue weighted by atomic mass is 15.2. The Morgan fingerprint density at radius 1 is 0.171 bits per heavy atom. The number of fused-ring (bicyclic) bond motifs is 26. The third kappa shape index (κ3) is 12.3. The SMILES string of the molecule is CC1(C)c2cc(-c3ccc4ccccc4c3)ccc2-c2ccc(N(c3ccc(-c4ccccc4)cc3)c3cccc4c3-c3ccccc3C43c4ccccc4N(c4ccccc4)c4ccccc43)cc21.CC1(C)c2cc(-c3cccc4ccccc34)ccc2-c2ccc(N(c3ccc(-c4ccccc4)cc3)c3cccc4c3-c3ccccc3C43c4ccccc4N(c4ccccc4)c4ccccc43)cc21. The van der Waals surface area contributed by atoms with Crippen LogP contribution in [0.25, 0.3) is 111 Å². The molecule has 0 N–H and O–H groups in total. The largest absolute Gasteiger partial charge is 0.310 e. The fourth-order valence-corrected chi connectivity index (χ4v) is 25.0. The monoisotopic (exact) mass is 1780 g/mol. The number of hydrogen-bond acceptors (Lipinski definition) is 4. The Hall–Kier alpha value is -17.4. The molecule has 4 heteroatoms. The van der Waals surface area contributed by atoms with Crippen molar-refractivity contribution in [1.82, 2.24) is 0 Å². The van der Waals surface area contributed by atoms with Gasteiger partial charge in [-0.1, -0.05) is 410 Å². The van der Waals surface area contributed by atoms with Crippen LogP contribution in [0, 0.1) is 0 Å². The highest BCUT2D eigenvalue weighted by Crippen LogP contribution is 2.69. The van der Waals surface area contributed by atoms with Crippen LogP contribution >= 0.6 is 0 Å². The van der Waals surface area contributed by atoms with Crippen LogP contribution in [0.4, 0.5) is 68.2 Å². The molecule has 22 aromatic carbocycles. The average Bonchev–Trinajstić information content (AvgIpc) is 1.50. The average molecular weight is 1790 g/mol. The minimum Gasteiger partial charge on any atom is -0.310 e. The van der Waals surface area contributed by atoms with Crippen molar-refractivity contribution in [3.05, 3.63) is 576 Å². The molecule has 660 valence electrons. The first kappa shape index (κ1) is 82.1. The molecule has 0 unspecified atom stereocenters. The Morgan fingerprint density at radius 3 is 0.929 bits per heavy atom. The number of benzene rings is 22. The summed E-state index contributed by atoms with van der Waals surface area (Å²) in [5.41, 5.74) is 47.9. The van der Waals surface area contributed by atoms with Crippen LogP contribution in [0.3, 0.4) is 0 Å². The molecule has 28 rings (SSSR count). The lowest BCUT2D eigenvalue weighted by molar-refractivity contribution is 0.660. The summed E-state index contributed by atoms with van der Waals surface area (Å²) in [5, 5.41) is 5.06. The fourth-order valence-electron chi connectivity index (χ4n) is 25.0. The van der Waals surface area contributed by atoms with E-state index in [0.29, 0.717) is 0 Å². The normalized spacial score (nSPS) is 14.1. The van der Waals surface area contributed by atoms with Gasteiger partial charge in [-0.15, -0.1) is 0 Å². The van der Waals surface area contributed by atoms with Crippen LogP contribution in [-0.2, 0) is 21.7 Å². The Bertz CT molecular complexity index is 8650. The van der Waals surface area contributed by atoms with E-state index in [1.807, 2.05) is 0 Å². The van der Waals surface area contributed by atoms with Gasteiger partial charge in [0.15, 0.2) is 0 Å². The Morgan fingerprint density at radius 2 is 0.471 bits per heavy atom. The van der Waals surface area contributed by atoms with Crippen molar-refractivity contribution in [2.24, 2.45) is 0 Å². The third-order valence-electron chi connectivity index (χ3n) is 31.3. The summed E-state index contributed by atoms with van der Waals surface area (Å²) in [6.45, 7) is 9.62. The molecule has 2 heterocycles. The van der Waals surface area contributed by atoms with E-state index in [1.165, 1.54) is 200 Å². The van der Waals surface area contributed by atoms with Crippen molar-refractivity contribution >= 4 is 89.8 Å². The summed E-state index contributed by atoms with van der Waals surface area (Å²) in [4.78, 5) is 9.97. The molecule has 0 bridgehead atoms. The molecule has 0 amide bonds. The van der Waals surface area contributed by atoms with Gasteiger partial charge in [-0.2, -0.15) is 0 Å². The van der Waals surface area contributed by atoms with Gasteiger partial charge in [0.2, 0.25) is 0 Å². The van der Waals surface area contributed by atoms with Crippen LogP contribution in [0.15, 0.2) is 510 Å². The van der Waals surface area contributed by atoms with Gasteiger partial charge in [0.1, 0.15) is 0 Å². The van der Waals surface area contributed by atoms with Crippen LogP contribution in [0.2, 0.25) is 0 Å². The summed E-state index contributed by atoms with van der Waals surface area (Å²) >= 11 is 0. The van der Waals surface area contributed by atoms with E-state index in [0.717, 1.165) is 45.5 Å². The molecule has 0 atom stereocenters. The Balaban J connectivity index is 0.000000141. The van der Waals surface area contributed by atoms with Crippen molar-refractivity contribution in [3.63, 3.8) is 0 Å². The number of hydrogen-bond donors (Lipinski definition) is 0. The maximum atomic E-state index is 2.53. The topological polar surface area (TPSA) is 13.0 Å². The van der Waals surface area contributed by atoms with Gasteiger partial charge in [0.05, 0.1) is 45.0 Å². The molecule has 2 spiro atoms. The zero-order chi connectivity index (χ0) is 93.1. The van der Waals surface area contributed by atoms with Gasteiger partial charge in [-0.05, 0) is 294 Å². The van der Waals surface area contributed by atoms with Crippen molar-refractivity contribution in [2.45, 2.75) is 49.4 Å². The molecule has 0 radical (unpaired) electrons. The molecular formula is C136H96N4. The van der Waals surface area contributed by atoms with Gasteiger partial charge >= 0.3 is 0 Å². The zero-order valence-electron chi connectivity index (χ0n) is 78.3. The summed E-state index contributed by atoms with van der Waals surface area (Å²) in [6, 6.07) is 190. The lowest BCUT2D eigenvalue weighted by Gasteiger charge is -2.45. The molecule has 0 aromatic heterocycles. The number of anilines is 12. The Labute approximate surface area is 818 Å². The summed E-state index contributed by atoms with van der Waals surface area (Å²) in [5.74, 6) is 0. The van der Waals surface area contributed by atoms with Gasteiger partial charge in [0, 0.05) is 56.1 Å². The second-order valence-electron chi connectivity index (χ2n) is 39.2. The molecule has 0 saturated carbocycles.